The maximum Gasteiger partial charge on any atom is 0.317 e. The maximum absolute atomic E-state index is 11.1. The fourth-order valence-corrected chi connectivity index (χ4v) is 1.53. The fourth-order valence-electron chi connectivity index (χ4n) is 1.19. The second-order valence-corrected chi connectivity index (χ2v) is 4.04. The predicted molar refractivity (Wildman–Crippen MR) is 68.8 cm³/mol. The van der Waals surface area contributed by atoms with Crippen LogP contribution >= 0.6 is 15.9 Å². The van der Waals surface area contributed by atoms with Gasteiger partial charge in [0, 0.05) is 4.47 Å². The SMILES string of the molecule is CCOC(=O)CC#Cc1ccc(Br)cc1OC. The molecule has 0 aliphatic rings. The Kier molecular flexibility index (Phi) is 5.58. The third-order valence-electron chi connectivity index (χ3n) is 1.92. The first-order valence-electron chi connectivity index (χ1n) is 5.15. The van der Waals surface area contributed by atoms with E-state index >= 15 is 0 Å². The van der Waals surface area contributed by atoms with Crippen LogP contribution in [0.15, 0.2) is 22.7 Å². The van der Waals surface area contributed by atoms with E-state index in [4.69, 9.17) is 9.47 Å². The number of benzene rings is 1. The molecule has 0 unspecified atom stereocenters. The van der Waals surface area contributed by atoms with Crippen molar-refractivity contribution in [3.8, 4) is 17.6 Å². The molecule has 1 rings (SSSR count). The maximum atomic E-state index is 11.1. The van der Waals surface area contributed by atoms with Crippen molar-refractivity contribution in [3.05, 3.63) is 28.2 Å². The van der Waals surface area contributed by atoms with Crippen LogP contribution in [0.3, 0.4) is 0 Å². The molecule has 0 aliphatic carbocycles. The van der Waals surface area contributed by atoms with Gasteiger partial charge in [-0.3, -0.25) is 4.79 Å². The monoisotopic (exact) mass is 296 g/mol. The summed E-state index contributed by atoms with van der Waals surface area (Å²) in [5.74, 6) is 6.01. The molecule has 0 radical (unpaired) electrons. The van der Waals surface area contributed by atoms with Gasteiger partial charge >= 0.3 is 5.97 Å². The molecule has 0 N–H and O–H groups in total. The van der Waals surface area contributed by atoms with E-state index in [1.54, 1.807) is 14.0 Å². The van der Waals surface area contributed by atoms with Crippen LogP contribution in [0.25, 0.3) is 0 Å². The molecule has 1 aromatic carbocycles. The zero-order chi connectivity index (χ0) is 12.7. The van der Waals surface area contributed by atoms with Crippen LogP contribution in [0.5, 0.6) is 5.75 Å². The Balaban J connectivity index is 2.74. The summed E-state index contributed by atoms with van der Waals surface area (Å²) in [5.41, 5.74) is 0.750. The van der Waals surface area contributed by atoms with Crippen LogP contribution in [0.1, 0.15) is 18.9 Å². The van der Waals surface area contributed by atoms with E-state index < -0.39 is 0 Å². The standard InChI is InChI=1S/C13H13BrO3/c1-3-17-13(15)6-4-5-10-7-8-11(14)9-12(10)16-2/h7-9H,3,6H2,1-2H3. The zero-order valence-electron chi connectivity index (χ0n) is 9.75. The number of carbonyl (C=O) groups excluding carboxylic acids is 1. The molecule has 4 heteroatoms. The van der Waals surface area contributed by atoms with Gasteiger partial charge in [-0.15, -0.1) is 0 Å². The van der Waals surface area contributed by atoms with E-state index in [0.29, 0.717) is 12.4 Å². The number of halogens is 1. The molecule has 90 valence electrons. The first-order chi connectivity index (χ1) is 8.17. The van der Waals surface area contributed by atoms with E-state index in [0.717, 1.165) is 10.0 Å². The Labute approximate surface area is 109 Å². The second-order valence-electron chi connectivity index (χ2n) is 3.13. The predicted octanol–water partition coefficient (Wildman–Crippen LogP) is 2.76. The number of methoxy groups -OCH3 is 1. The van der Waals surface area contributed by atoms with E-state index in [1.165, 1.54) is 0 Å². The van der Waals surface area contributed by atoms with Crippen molar-refractivity contribution < 1.29 is 14.3 Å². The summed E-state index contributed by atoms with van der Waals surface area (Å²) in [4.78, 5) is 11.1. The smallest absolute Gasteiger partial charge is 0.317 e. The fraction of sp³-hybridized carbons (Fsp3) is 0.308. The van der Waals surface area contributed by atoms with Crippen LogP contribution in [0, 0.1) is 11.8 Å². The van der Waals surface area contributed by atoms with Gasteiger partial charge in [-0.25, -0.2) is 0 Å². The lowest BCUT2D eigenvalue weighted by Gasteiger charge is -2.02. The zero-order valence-corrected chi connectivity index (χ0v) is 11.3. The Hall–Kier alpha value is -1.47. The van der Waals surface area contributed by atoms with Crippen molar-refractivity contribution in [1.82, 2.24) is 0 Å². The summed E-state index contributed by atoms with van der Waals surface area (Å²) in [6.07, 6.45) is 0.0903. The number of hydrogen-bond donors (Lipinski definition) is 0. The summed E-state index contributed by atoms with van der Waals surface area (Å²) in [6, 6.07) is 5.53. The highest BCUT2D eigenvalue weighted by atomic mass is 79.9. The lowest BCUT2D eigenvalue weighted by atomic mass is 10.2. The Morgan fingerprint density at radius 2 is 2.24 bits per heavy atom. The van der Waals surface area contributed by atoms with Crippen LogP contribution in [0.2, 0.25) is 0 Å². The van der Waals surface area contributed by atoms with Gasteiger partial charge < -0.3 is 9.47 Å². The molecule has 0 spiro atoms. The highest BCUT2D eigenvalue weighted by molar-refractivity contribution is 9.10. The first kappa shape index (κ1) is 13.6. The van der Waals surface area contributed by atoms with Gasteiger partial charge in [0.25, 0.3) is 0 Å². The molecule has 0 atom stereocenters. The summed E-state index contributed by atoms with van der Waals surface area (Å²) in [6.45, 7) is 2.14. The number of esters is 1. The van der Waals surface area contributed by atoms with Crippen molar-refractivity contribution in [2.24, 2.45) is 0 Å². The van der Waals surface area contributed by atoms with Gasteiger partial charge in [0.05, 0.1) is 19.3 Å². The van der Waals surface area contributed by atoms with Crippen molar-refractivity contribution in [2.75, 3.05) is 13.7 Å². The van der Waals surface area contributed by atoms with Gasteiger partial charge in [0.1, 0.15) is 12.2 Å². The molecule has 0 heterocycles. The van der Waals surface area contributed by atoms with E-state index in [1.807, 2.05) is 18.2 Å². The quantitative estimate of drug-likeness (QED) is 0.635. The topological polar surface area (TPSA) is 35.5 Å². The molecule has 3 nitrogen and oxygen atoms in total. The first-order valence-corrected chi connectivity index (χ1v) is 5.94. The van der Waals surface area contributed by atoms with Crippen molar-refractivity contribution in [3.63, 3.8) is 0 Å². The number of ether oxygens (including phenoxy) is 2. The van der Waals surface area contributed by atoms with Crippen LogP contribution in [-0.2, 0) is 9.53 Å². The molecule has 0 saturated heterocycles. The number of carbonyl (C=O) groups is 1. The van der Waals surface area contributed by atoms with Crippen molar-refractivity contribution in [2.45, 2.75) is 13.3 Å². The third-order valence-corrected chi connectivity index (χ3v) is 2.42. The Bertz CT molecular complexity index is 457. The minimum atomic E-state index is -0.309. The van der Waals surface area contributed by atoms with E-state index in [-0.39, 0.29) is 12.4 Å². The van der Waals surface area contributed by atoms with Gasteiger partial charge in [-0.05, 0) is 25.1 Å². The molecular formula is C13H13BrO3. The highest BCUT2D eigenvalue weighted by Crippen LogP contribution is 2.22. The molecule has 0 amide bonds. The Morgan fingerprint density at radius 3 is 2.88 bits per heavy atom. The molecule has 0 saturated carbocycles. The van der Waals surface area contributed by atoms with Crippen molar-refractivity contribution in [1.29, 1.82) is 0 Å². The lowest BCUT2D eigenvalue weighted by Crippen LogP contribution is -2.01. The second kappa shape index (κ2) is 6.97. The Morgan fingerprint density at radius 1 is 1.47 bits per heavy atom. The molecule has 17 heavy (non-hydrogen) atoms. The molecular weight excluding hydrogens is 284 g/mol. The minimum Gasteiger partial charge on any atom is -0.495 e. The molecule has 1 aromatic rings. The summed E-state index contributed by atoms with van der Waals surface area (Å²) in [7, 11) is 1.58. The average molecular weight is 297 g/mol. The normalized spacial score (nSPS) is 9.12. The van der Waals surface area contributed by atoms with Gasteiger partial charge in [-0.2, -0.15) is 0 Å². The van der Waals surface area contributed by atoms with Crippen molar-refractivity contribution >= 4 is 21.9 Å². The van der Waals surface area contributed by atoms with Gasteiger partial charge in [0.2, 0.25) is 0 Å². The van der Waals surface area contributed by atoms with Crippen LogP contribution in [-0.4, -0.2) is 19.7 Å². The lowest BCUT2D eigenvalue weighted by molar-refractivity contribution is -0.141. The van der Waals surface area contributed by atoms with Crippen LogP contribution < -0.4 is 4.74 Å². The summed E-state index contributed by atoms with van der Waals surface area (Å²) < 4.78 is 10.9. The van der Waals surface area contributed by atoms with Gasteiger partial charge in [-0.1, -0.05) is 27.8 Å². The van der Waals surface area contributed by atoms with E-state index in [9.17, 15) is 4.79 Å². The van der Waals surface area contributed by atoms with Crippen LogP contribution in [0.4, 0.5) is 0 Å². The highest BCUT2D eigenvalue weighted by Gasteiger charge is 2.01. The molecule has 0 aromatic heterocycles. The number of hydrogen-bond acceptors (Lipinski definition) is 3. The minimum absolute atomic E-state index is 0.0903. The summed E-state index contributed by atoms with van der Waals surface area (Å²) in [5, 5.41) is 0. The summed E-state index contributed by atoms with van der Waals surface area (Å²) >= 11 is 3.35. The van der Waals surface area contributed by atoms with Gasteiger partial charge in [0.15, 0.2) is 0 Å². The average Bonchev–Trinajstić information content (AvgIpc) is 2.31. The largest absolute Gasteiger partial charge is 0.495 e. The molecule has 0 aliphatic heterocycles. The molecule has 0 bridgehead atoms. The van der Waals surface area contributed by atoms with E-state index in [2.05, 4.69) is 27.8 Å². The molecule has 0 fully saturated rings. The number of rotatable bonds is 3. The third kappa shape index (κ3) is 4.49.